The van der Waals surface area contributed by atoms with Gasteiger partial charge in [-0.1, -0.05) is 11.6 Å². The Morgan fingerprint density at radius 1 is 1.36 bits per heavy atom. The number of rotatable bonds is 6. The van der Waals surface area contributed by atoms with Gasteiger partial charge in [-0.05, 0) is 38.5 Å². The van der Waals surface area contributed by atoms with Gasteiger partial charge in [0, 0.05) is 28.9 Å². The minimum atomic E-state index is -0.298. The van der Waals surface area contributed by atoms with Crippen LogP contribution in [-0.2, 0) is 9.53 Å². The summed E-state index contributed by atoms with van der Waals surface area (Å²) in [4.78, 5) is 23.3. The van der Waals surface area contributed by atoms with Gasteiger partial charge in [-0.3, -0.25) is 9.59 Å². The first kappa shape index (κ1) is 16.4. The molecule has 2 rings (SSSR count). The highest BCUT2D eigenvalue weighted by Gasteiger charge is 2.17. The zero-order valence-electron chi connectivity index (χ0n) is 12.6. The Morgan fingerprint density at radius 2 is 2.14 bits per heavy atom. The van der Waals surface area contributed by atoms with E-state index in [0.29, 0.717) is 30.2 Å². The molecular weight excluding hydrogens is 306 g/mol. The van der Waals surface area contributed by atoms with Gasteiger partial charge in [0.05, 0.1) is 6.61 Å². The third-order valence-electron chi connectivity index (χ3n) is 3.25. The van der Waals surface area contributed by atoms with Gasteiger partial charge in [0.1, 0.15) is 5.58 Å². The molecule has 1 aromatic carbocycles. The molecule has 0 aliphatic heterocycles. The van der Waals surface area contributed by atoms with Crippen molar-refractivity contribution in [3.8, 4) is 0 Å². The number of fused-ring (bicyclic) bond motifs is 1. The lowest BCUT2D eigenvalue weighted by atomic mass is 10.1. The molecule has 1 amide bonds. The zero-order chi connectivity index (χ0) is 16.1. The van der Waals surface area contributed by atoms with E-state index in [-0.39, 0.29) is 24.1 Å². The number of hydrogen-bond donors (Lipinski definition) is 1. The first-order chi connectivity index (χ1) is 10.5. The summed E-state index contributed by atoms with van der Waals surface area (Å²) in [5.41, 5.74) is 1.37. The van der Waals surface area contributed by atoms with Crippen LogP contribution in [-0.4, -0.2) is 25.0 Å². The highest BCUT2D eigenvalue weighted by atomic mass is 35.5. The van der Waals surface area contributed by atoms with E-state index < -0.39 is 0 Å². The van der Waals surface area contributed by atoms with Crippen molar-refractivity contribution in [1.82, 2.24) is 5.32 Å². The molecule has 6 heteroatoms. The second-order valence-corrected chi connectivity index (χ2v) is 5.30. The number of nitrogens with one attached hydrogen (secondary N) is 1. The summed E-state index contributed by atoms with van der Waals surface area (Å²) in [5.74, 6) is -0.284. The first-order valence-corrected chi connectivity index (χ1v) is 7.53. The summed E-state index contributed by atoms with van der Waals surface area (Å²) in [6.45, 7) is 4.33. The largest absolute Gasteiger partial charge is 0.466 e. The Kier molecular flexibility index (Phi) is 5.44. The molecule has 0 aliphatic carbocycles. The number of aryl methyl sites for hydroxylation is 1. The molecule has 0 fully saturated rings. The maximum absolute atomic E-state index is 12.1. The van der Waals surface area contributed by atoms with Crippen LogP contribution in [0.4, 0.5) is 0 Å². The fraction of sp³-hybridized carbons (Fsp3) is 0.375. The van der Waals surface area contributed by atoms with E-state index in [0.717, 1.165) is 10.9 Å². The van der Waals surface area contributed by atoms with Gasteiger partial charge < -0.3 is 14.5 Å². The summed E-state index contributed by atoms with van der Waals surface area (Å²) in [5, 5.41) is 4.16. The number of ether oxygens (including phenoxy) is 1. The van der Waals surface area contributed by atoms with Crippen LogP contribution in [0.5, 0.6) is 0 Å². The molecule has 0 unspecified atom stereocenters. The molecule has 0 aliphatic rings. The number of furan rings is 1. The average molecular weight is 324 g/mol. The number of benzene rings is 1. The monoisotopic (exact) mass is 323 g/mol. The van der Waals surface area contributed by atoms with Crippen molar-refractivity contribution < 1.29 is 18.7 Å². The number of carbonyl (C=O) groups is 2. The third-order valence-corrected chi connectivity index (χ3v) is 3.49. The molecule has 0 spiro atoms. The fourth-order valence-corrected chi connectivity index (χ4v) is 2.33. The molecule has 0 atom stereocenters. The van der Waals surface area contributed by atoms with Crippen molar-refractivity contribution in [1.29, 1.82) is 0 Å². The number of amides is 1. The summed E-state index contributed by atoms with van der Waals surface area (Å²) >= 11 is 5.95. The molecule has 2 aromatic rings. The Morgan fingerprint density at radius 3 is 2.86 bits per heavy atom. The molecule has 1 N–H and O–H groups in total. The topological polar surface area (TPSA) is 68.5 Å². The predicted molar refractivity (Wildman–Crippen MR) is 84.2 cm³/mol. The minimum absolute atomic E-state index is 0.258. The maximum Gasteiger partial charge on any atom is 0.305 e. The zero-order valence-corrected chi connectivity index (χ0v) is 13.3. The van der Waals surface area contributed by atoms with Gasteiger partial charge in [-0.15, -0.1) is 0 Å². The van der Waals surface area contributed by atoms with E-state index in [4.69, 9.17) is 20.8 Å². The van der Waals surface area contributed by atoms with Crippen molar-refractivity contribution in [2.75, 3.05) is 13.2 Å². The fourth-order valence-electron chi connectivity index (χ4n) is 2.16. The van der Waals surface area contributed by atoms with Crippen LogP contribution >= 0.6 is 11.6 Å². The summed E-state index contributed by atoms with van der Waals surface area (Å²) in [6, 6.07) is 5.23. The van der Waals surface area contributed by atoms with Crippen LogP contribution in [0.15, 0.2) is 22.6 Å². The average Bonchev–Trinajstić information content (AvgIpc) is 2.81. The molecule has 0 saturated carbocycles. The van der Waals surface area contributed by atoms with Crippen molar-refractivity contribution in [2.24, 2.45) is 0 Å². The molecule has 0 saturated heterocycles. The third kappa shape index (κ3) is 3.80. The van der Waals surface area contributed by atoms with Gasteiger partial charge >= 0.3 is 5.97 Å². The SMILES string of the molecule is CCOC(=O)CCCNC(=O)c1oc2ccc(Cl)cc2c1C. The van der Waals surface area contributed by atoms with E-state index in [1.54, 1.807) is 25.1 Å². The van der Waals surface area contributed by atoms with Crippen LogP contribution < -0.4 is 5.32 Å². The summed E-state index contributed by atoms with van der Waals surface area (Å²) in [7, 11) is 0. The highest BCUT2D eigenvalue weighted by Crippen LogP contribution is 2.27. The molecule has 1 aromatic heterocycles. The first-order valence-electron chi connectivity index (χ1n) is 7.15. The van der Waals surface area contributed by atoms with Crippen LogP contribution in [0, 0.1) is 6.92 Å². The van der Waals surface area contributed by atoms with Crippen LogP contribution in [0.3, 0.4) is 0 Å². The normalized spacial score (nSPS) is 10.7. The summed E-state index contributed by atoms with van der Waals surface area (Å²) in [6.07, 6.45) is 0.804. The van der Waals surface area contributed by atoms with Crippen molar-refractivity contribution in [3.63, 3.8) is 0 Å². The number of hydrogen-bond acceptors (Lipinski definition) is 4. The van der Waals surface area contributed by atoms with Gasteiger partial charge in [0.25, 0.3) is 5.91 Å². The van der Waals surface area contributed by atoms with E-state index in [2.05, 4.69) is 5.32 Å². The molecule has 118 valence electrons. The molecule has 1 heterocycles. The lowest BCUT2D eigenvalue weighted by molar-refractivity contribution is -0.143. The van der Waals surface area contributed by atoms with Crippen molar-refractivity contribution in [3.05, 3.63) is 34.5 Å². The lowest BCUT2D eigenvalue weighted by Crippen LogP contribution is -2.25. The Hall–Kier alpha value is -2.01. The Balaban J connectivity index is 1.95. The van der Waals surface area contributed by atoms with Crippen LogP contribution in [0.1, 0.15) is 35.9 Å². The highest BCUT2D eigenvalue weighted by molar-refractivity contribution is 6.31. The molecule has 0 radical (unpaired) electrons. The minimum Gasteiger partial charge on any atom is -0.466 e. The van der Waals surface area contributed by atoms with Crippen molar-refractivity contribution >= 4 is 34.4 Å². The molecule has 0 bridgehead atoms. The Labute approximate surface area is 133 Å². The number of esters is 1. The van der Waals surface area contributed by atoms with Gasteiger partial charge in [0.15, 0.2) is 5.76 Å². The molecule has 22 heavy (non-hydrogen) atoms. The maximum atomic E-state index is 12.1. The van der Waals surface area contributed by atoms with E-state index in [1.807, 2.05) is 6.92 Å². The standard InChI is InChI=1S/C16H18ClNO4/c1-3-21-14(19)5-4-8-18-16(20)15-10(2)12-9-11(17)6-7-13(12)22-15/h6-7,9H,3-5,8H2,1-2H3,(H,18,20). The van der Waals surface area contributed by atoms with Crippen molar-refractivity contribution in [2.45, 2.75) is 26.7 Å². The van der Waals surface area contributed by atoms with Gasteiger partial charge in [0.2, 0.25) is 0 Å². The summed E-state index contributed by atoms with van der Waals surface area (Å²) < 4.78 is 10.4. The number of halogens is 1. The quantitative estimate of drug-likeness (QED) is 0.653. The second kappa shape index (κ2) is 7.31. The number of carbonyl (C=O) groups excluding carboxylic acids is 2. The van der Waals surface area contributed by atoms with Crippen LogP contribution in [0.2, 0.25) is 5.02 Å². The van der Waals surface area contributed by atoms with E-state index in [1.165, 1.54) is 0 Å². The molecular formula is C16H18ClNO4. The second-order valence-electron chi connectivity index (χ2n) is 4.86. The van der Waals surface area contributed by atoms with E-state index >= 15 is 0 Å². The predicted octanol–water partition coefficient (Wildman–Crippen LogP) is 3.47. The van der Waals surface area contributed by atoms with Gasteiger partial charge in [-0.2, -0.15) is 0 Å². The molecule has 5 nitrogen and oxygen atoms in total. The smallest absolute Gasteiger partial charge is 0.305 e. The van der Waals surface area contributed by atoms with E-state index in [9.17, 15) is 9.59 Å². The van der Waals surface area contributed by atoms with Crippen LogP contribution in [0.25, 0.3) is 11.0 Å². The Bertz CT molecular complexity index is 693. The van der Waals surface area contributed by atoms with Gasteiger partial charge in [-0.25, -0.2) is 0 Å². The lowest BCUT2D eigenvalue weighted by Gasteiger charge is -2.04.